The number of benzene rings is 1. The molecule has 0 radical (unpaired) electrons. The number of hydrogen-bond acceptors (Lipinski definition) is 7. The van der Waals surface area contributed by atoms with Crippen LogP contribution in [0.5, 0.6) is 0 Å². The van der Waals surface area contributed by atoms with Gasteiger partial charge in [-0.15, -0.1) is 0 Å². The number of rotatable bonds is 8. The van der Waals surface area contributed by atoms with E-state index in [1.807, 2.05) is 6.26 Å². The molecule has 0 fully saturated rings. The molecule has 0 aromatic heterocycles. The highest BCUT2D eigenvalue weighted by Gasteiger charge is 2.07. The van der Waals surface area contributed by atoms with Crippen LogP contribution in [-0.4, -0.2) is 37.2 Å². The minimum atomic E-state index is -0.665. The van der Waals surface area contributed by atoms with E-state index in [1.54, 1.807) is 45.9 Å². The minimum Gasteiger partial charge on any atom is -0.463 e. The van der Waals surface area contributed by atoms with Gasteiger partial charge >= 0.3 is 12.1 Å². The summed E-state index contributed by atoms with van der Waals surface area (Å²) in [4.78, 5) is 22.7. The molecular weight excluding hydrogens is 312 g/mol. The molecule has 1 rings (SSSR count). The molecule has 1 amide bonds. The maximum Gasteiger partial charge on any atom is 0.407 e. The third kappa shape index (κ3) is 8.36. The van der Waals surface area contributed by atoms with Crippen molar-refractivity contribution in [1.29, 1.82) is 0 Å². The second-order valence-corrected chi connectivity index (χ2v) is 6.56. The summed E-state index contributed by atoms with van der Waals surface area (Å²) in [6.07, 6.45) is 1.28. The van der Waals surface area contributed by atoms with Crippen molar-refractivity contribution < 1.29 is 19.1 Å². The quantitative estimate of drug-likeness (QED) is 0.326. The van der Waals surface area contributed by atoms with Gasteiger partial charge in [-0.1, -0.05) is 33.7 Å². The lowest BCUT2D eigenvalue weighted by molar-refractivity contribution is -0.141. The first-order chi connectivity index (χ1) is 10.1. The van der Waals surface area contributed by atoms with Gasteiger partial charge in [0.15, 0.2) is 0 Å². The summed E-state index contributed by atoms with van der Waals surface area (Å²) in [5, 5.41) is 2.33. The highest BCUT2D eigenvalue weighted by atomic mass is 33.1. The zero-order chi connectivity index (χ0) is 15.5. The van der Waals surface area contributed by atoms with Crippen LogP contribution in [0.3, 0.4) is 0 Å². The second kappa shape index (κ2) is 10.2. The smallest absolute Gasteiger partial charge is 0.407 e. The summed E-state index contributed by atoms with van der Waals surface area (Å²) in [7, 11) is 3.20. The van der Waals surface area contributed by atoms with Crippen LogP contribution in [0.15, 0.2) is 24.3 Å². The molecule has 8 heteroatoms. The van der Waals surface area contributed by atoms with Gasteiger partial charge < -0.3 is 20.5 Å². The molecule has 6 nitrogen and oxygen atoms in total. The van der Waals surface area contributed by atoms with Crippen LogP contribution in [0, 0.1) is 0 Å². The van der Waals surface area contributed by atoms with Gasteiger partial charge in [0.2, 0.25) is 0 Å². The van der Waals surface area contributed by atoms with Crippen molar-refractivity contribution >= 4 is 39.3 Å². The molecule has 21 heavy (non-hydrogen) atoms. The fourth-order valence-corrected chi connectivity index (χ4v) is 2.30. The maximum atomic E-state index is 11.4. The molecule has 0 spiro atoms. The van der Waals surface area contributed by atoms with Gasteiger partial charge in [-0.25, -0.2) is 4.79 Å². The first-order valence-corrected chi connectivity index (χ1v) is 8.91. The zero-order valence-electron chi connectivity index (χ0n) is 11.7. The van der Waals surface area contributed by atoms with E-state index in [-0.39, 0.29) is 13.2 Å². The number of ether oxygens (including phenoxy) is 2. The summed E-state index contributed by atoms with van der Waals surface area (Å²) in [5.74, 6) is 0.232. The number of alkyl carbamates (subject to hydrolysis) is 1. The Kier molecular flexibility index (Phi) is 8.53. The SMILES string of the molecule is CSSCCOC(=O)CNC(=O)OCc1ccc(N)cc1. The predicted octanol–water partition coefficient (Wildman–Crippen LogP) is 2.05. The van der Waals surface area contributed by atoms with Crippen molar-refractivity contribution in [2.75, 3.05) is 30.9 Å². The van der Waals surface area contributed by atoms with Crippen LogP contribution in [0.4, 0.5) is 10.5 Å². The average Bonchev–Trinajstić information content (AvgIpc) is 2.49. The number of amides is 1. The van der Waals surface area contributed by atoms with E-state index in [0.29, 0.717) is 18.0 Å². The van der Waals surface area contributed by atoms with Gasteiger partial charge in [0, 0.05) is 11.4 Å². The van der Waals surface area contributed by atoms with Crippen molar-refractivity contribution in [3.63, 3.8) is 0 Å². The maximum absolute atomic E-state index is 11.4. The van der Waals surface area contributed by atoms with Crippen molar-refractivity contribution in [3.8, 4) is 0 Å². The van der Waals surface area contributed by atoms with E-state index >= 15 is 0 Å². The molecule has 0 bridgehead atoms. The highest BCUT2D eigenvalue weighted by molar-refractivity contribution is 8.76. The second-order valence-electron chi connectivity index (χ2n) is 3.88. The van der Waals surface area contributed by atoms with Crippen LogP contribution in [0.2, 0.25) is 0 Å². The number of anilines is 1. The van der Waals surface area contributed by atoms with Crippen molar-refractivity contribution in [2.45, 2.75) is 6.61 Å². The predicted molar refractivity (Wildman–Crippen MR) is 86.0 cm³/mol. The third-order valence-electron chi connectivity index (χ3n) is 2.27. The number of nitrogens with two attached hydrogens (primary N) is 1. The number of carbonyl (C=O) groups is 2. The van der Waals surface area contributed by atoms with Crippen LogP contribution < -0.4 is 11.1 Å². The monoisotopic (exact) mass is 330 g/mol. The molecule has 116 valence electrons. The fourth-order valence-electron chi connectivity index (χ4n) is 1.28. The van der Waals surface area contributed by atoms with Crippen LogP contribution in [0.25, 0.3) is 0 Å². The van der Waals surface area contributed by atoms with E-state index < -0.39 is 12.1 Å². The molecule has 0 unspecified atom stereocenters. The molecule has 1 aromatic carbocycles. The first-order valence-electron chi connectivity index (χ1n) is 6.18. The molecule has 0 aliphatic rings. The van der Waals surface area contributed by atoms with E-state index in [4.69, 9.17) is 15.2 Å². The summed E-state index contributed by atoms with van der Waals surface area (Å²) < 4.78 is 9.87. The Hall–Kier alpha value is -1.54. The lowest BCUT2D eigenvalue weighted by atomic mass is 10.2. The number of carbonyl (C=O) groups excluding carboxylic acids is 2. The Morgan fingerprint density at radius 2 is 1.95 bits per heavy atom. The summed E-state index contributed by atoms with van der Waals surface area (Å²) in [6.45, 7) is 0.239. The molecule has 3 N–H and O–H groups in total. The first kappa shape index (κ1) is 17.5. The summed E-state index contributed by atoms with van der Waals surface area (Å²) >= 11 is 0. The van der Waals surface area contributed by atoms with Gasteiger partial charge in [0.05, 0.1) is 0 Å². The minimum absolute atomic E-state index is 0.117. The standard InChI is InChI=1S/C13H18N2O4S2/c1-20-21-7-6-18-12(16)8-15-13(17)19-9-10-2-4-11(14)5-3-10/h2-5H,6-9,14H2,1H3,(H,15,17). The summed E-state index contributed by atoms with van der Waals surface area (Å²) in [6, 6.07) is 6.97. The van der Waals surface area contributed by atoms with Crippen molar-refractivity contribution in [1.82, 2.24) is 5.32 Å². The molecule has 0 atom stereocenters. The van der Waals surface area contributed by atoms with Gasteiger partial charge in [0.1, 0.15) is 19.8 Å². The van der Waals surface area contributed by atoms with Crippen LogP contribution >= 0.6 is 21.6 Å². The Bertz CT molecular complexity index is 454. The molecule has 0 heterocycles. The van der Waals surface area contributed by atoms with Crippen molar-refractivity contribution in [3.05, 3.63) is 29.8 Å². The highest BCUT2D eigenvalue weighted by Crippen LogP contribution is 2.15. The fraction of sp³-hybridized carbons (Fsp3) is 0.385. The molecule has 0 aliphatic heterocycles. The number of hydrogen-bond donors (Lipinski definition) is 2. The third-order valence-corrected chi connectivity index (χ3v) is 4.05. The van der Waals surface area contributed by atoms with Gasteiger partial charge in [-0.2, -0.15) is 0 Å². The number of esters is 1. The van der Waals surface area contributed by atoms with Gasteiger partial charge in [-0.05, 0) is 24.0 Å². The number of nitrogens with one attached hydrogen (secondary N) is 1. The molecule has 0 saturated heterocycles. The molecule has 1 aromatic rings. The van der Waals surface area contributed by atoms with Gasteiger partial charge in [-0.3, -0.25) is 4.79 Å². The van der Waals surface area contributed by atoms with E-state index in [0.717, 1.165) is 5.56 Å². The van der Waals surface area contributed by atoms with E-state index in [1.165, 1.54) is 0 Å². The van der Waals surface area contributed by atoms with Crippen molar-refractivity contribution in [2.24, 2.45) is 0 Å². The molecular formula is C13H18N2O4S2. The van der Waals surface area contributed by atoms with Crippen LogP contribution in [0.1, 0.15) is 5.56 Å². The Morgan fingerprint density at radius 1 is 1.24 bits per heavy atom. The van der Waals surface area contributed by atoms with E-state index in [9.17, 15) is 9.59 Å². The topological polar surface area (TPSA) is 90.6 Å². The normalized spacial score (nSPS) is 9.95. The average molecular weight is 330 g/mol. The molecule has 0 saturated carbocycles. The summed E-state index contributed by atoms with van der Waals surface area (Å²) in [5.41, 5.74) is 7.01. The van der Waals surface area contributed by atoms with Crippen LogP contribution in [-0.2, 0) is 20.9 Å². The lowest BCUT2D eigenvalue weighted by Crippen LogP contribution is -2.31. The Balaban J connectivity index is 2.13. The largest absolute Gasteiger partial charge is 0.463 e. The number of nitrogen functional groups attached to an aromatic ring is 1. The Labute approximate surface area is 131 Å². The molecule has 0 aliphatic carbocycles. The van der Waals surface area contributed by atoms with Gasteiger partial charge in [0.25, 0.3) is 0 Å². The zero-order valence-corrected chi connectivity index (χ0v) is 13.3. The lowest BCUT2D eigenvalue weighted by Gasteiger charge is -2.07. The Morgan fingerprint density at radius 3 is 2.62 bits per heavy atom. The van der Waals surface area contributed by atoms with E-state index in [2.05, 4.69) is 5.32 Å².